The Bertz CT molecular complexity index is 1190. The maximum Gasteiger partial charge on any atom is 0.264 e. The van der Waals surface area contributed by atoms with Crippen molar-refractivity contribution in [3.8, 4) is 5.75 Å². The molecule has 3 aromatic rings. The standard InChI is InChI=1S/C23H27ClN4O4/c1-27-12-17(26-22(30)15-7-8-18(29)16(24)11-15)20-21(27)25-13-28(23(20)31)10-9-14-5-3-4-6-19(14)32-2/h3-6,12-13,15-16,18,29H,7-11H2,1-2H3,(H,26,30). The van der Waals surface area contributed by atoms with E-state index in [9.17, 15) is 14.7 Å². The molecule has 0 bridgehead atoms. The van der Waals surface area contributed by atoms with Crippen LogP contribution >= 0.6 is 11.6 Å². The van der Waals surface area contributed by atoms with E-state index >= 15 is 0 Å². The Morgan fingerprint density at radius 2 is 2.12 bits per heavy atom. The number of nitrogens with zero attached hydrogens (tertiary/aromatic N) is 3. The number of rotatable bonds is 6. The monoisotopic (exact) mass is 458 g/mol. The molecule has 0 aliphatic heterocycles. The molecular formula is C23H27ClN4O4. The fraction of sp³-hybridized carbons (Fsp3) is 0.435. The van der Waals surface area contributed by atoms with Gasteiger partial charge in [0.1, 0.15) is 16.8 Å². The second-order valence-electron chi connectivity index (χ2n) is 8.24. The summed E-state index contributed by atoms with van der Waals surface area (Å²) < 4.78 is 8.67. The second-order valence-corrected chi connectivity index (χ2v) is 8.80. The molecule has 9 heteroatoms. The summed E-state index contributed by atoms with van der Waals surface area (Å²) in [6.07, 6.45) is 4.71. The topological polar surface area (TPSA) is 98.4 Å². The van der Waals surface area contributed by atoms with Crippen molar-refractivity contribution in [3.05, 3.63) is 52.7 Å². The molecule has 8 nitrogen and oxygen atoms in total. The zero-order chi connectivity index (χ0) is 22.8. The molecule has 3 atom stereocenters. The SMILES string of the molecule is COc1ccccc1CCn1cnc2c(c(NC(=O)C3CCC(O)C(Cl)C3)cn2C)c1=O. The molecule has 1 aliphatic rings. The summed E-state index contributed by atoms with van der Waals surface area (Å²) in [7, 11) is 3.41. The van der Waals surface area contributed by atoms with Gasteiger partial charge in [0.2, 0.25) is 5.91 Å². The smallest absolute Gasteiger partial charge is 0.264 e. The van der Waals surface area contributed by atoms with Crippen molar-refractivity contribution < 1.29 is 14.6 Å². The van der Waals surface area contributed by atoms with Gasteiger partial charge in [0.05, 0.1) is 30.6 Å². The summed E-state index contributed by atoms with van der Waals surface area (Å²) >= 11 is 6.15. The van der Waals surface area contributed by atoms with Crippen LogP contribution in [0.25, 0.3) is 11.0 Å². The van der Waals surface area contributed by atoms with Crippen LogP contribution in [0.4, 0.5) is 5.69 Å². The normalized spacial score (nSPS) is 20.9. The number of carbonyl (C=O) groups excluding carboxylic acids is 1. The zero-order valence-corrected chi connectivity index (χ0v) is 18.9. The highest BCUT2D eigenvalue weighted by Gasteiger charge is 2.32. The van der Waals surface area contributed by atoms with E-state index in [0.29, 0.717) is 48.9 Å². The Morgan fingerprint density at radius 3 is 2.88 bits per heavy atom. The van der Waals surface area contributed by atoms with Crippen molar-refractivity contribution in [2.75, 3.05) is 12.4 Å². The van der Waals surface area contributed by atoms with Gasteiger partial charge in [0.25, 0.3) is 5.56 Å². The second kappa shape index (κ2) is 9.34. The average molecular weight is 459 g/mol. The molecule has 0 radical (unpaired) electrons. The minimum Gasteiger partial charge on any atom is -0.496 e. The molecule has 32 heavy (non-hydrogen) atoms. The number of anilines is 1. The highest BCUT2D eigenvalue weighted by Crippen LogP contribution is 2.30. The molecule has 1 fully saturated rings. The molecule has 2 aromatic heterocycles. The van der Waals surface area contributed by atoms with Gasteiger partial charge in [0, 0.05) is 25.7 Å². The van der Waals surface area contributed by atoms with E-state index in [1.165, 1.54) is 6.33 Å². The van der Waals surface area contributed by atoms with Gasteiger partial charge in [-0.2, -0.15) is 0 Å². The van der Waals surface area contributed by atoms with Gasteiger partial charge in [-0.25, -0.2) is 4.98 Å². The Labute approximate surface area is 190 Å². The molecule has 1 amide bonds. The Kier molecular flexibility index (Phi) is 6.53. The van der Waals surface area contributed by atoms with E-state index < -0.39 is 11.5 Å². The molecule has 2 heterocycles. The first-order chi connectivity index (χ1) is 15.4. The fourth-order valence-corrected chi connectivity index (χ4v) is 4.62. The molecule has 4 rings (SSSR count). The van der Waals surface area contributed by atoms with Gasteiger partial charge in [-0.3, -0.25) is 14.2 Å². The maximum absolute atomic E-state index is 13.3. The van der Waals surface area contributed by atoms with E-state index in [2.05, 4.69) is 10.3 Å². The Balaban J connectivity index is 1.58. The van der Waals surface area contributed by atoms with Crippen LogP contribution in [0.3, 0.4) is 0 Å². The van der Waals surface area contributed by atoms with Gasteiger partial charge in [0.15, 0.2) is 0 Å². The number of aromatic nitrogens is 3. The van der Waals surface area contributed by atoms with Crippen LogP contribution in [0, 0.1) is 5.92 Å². The first-order valence-electron chi connectivity index (χ1n) is 10.7. The number of fused-ring (bicyclic) bond motifs is 1. The number of ether oxygens (including phenoxy) is 1. The van der Waals surface area contributed by atoms with Crippen molar-refractivity contribution in [2.24, 2.45) is 13.0 Å². The minimum absolute atomic E-state index is 0.195. The molecule has 2 N–H and O–H groups in total. The maximum atomic E-state index is 13.3. The van der Waals surface area contributed by atoms with E-state index in [-0.39, 0.29) is 17.4 Å². The highest BCUT2D eigenvalue weighted by molar-refractivity contribution is 6.21. The van der Waals surface area contributed by atoms with Crippen molar-refractivity contribution >= 4 is 34.2 Å². The van der Waals surface area contributed by atoms with Crippen LogP contribution in [-0.4, -0.2) is 43.7 Å². The molecule has 1 saturated carbocycles. The number of hydrogen-bond acceptors (Lipinski definition) is 5. The van der Waals surface area contributed by atoms with Gasteiger partial charge < -0.3 is 19.7 Å². The molecule has 3 unspecified atom stereocenters. The number of benzene rings is 1. The van der Waals surface area contributed by atoms with Crippen LogP contribution < -0.4 is 15.6 Å². The quantitative estimate of drug-likeness (QED) is 0.553. The van der Waals surface area contributed by atoms with E-state index in [1.54, 1.807) is 29.5 Å². The summed E-state index contributed by atoms with van der Waals surface area (Å²) in [5.74, 6) is 0.275. The summed E-state index contributed by atoms with van der Waals surface area (Å²) in [5.41, 5.74) is 1.73. The average Bonchev–Trinajstić information content (AvgIpc) is 3.11. The number of methoxy groups -OCH3 is 1. The third-order valence-corrected chi connectivity index (χ3v) is 6.59. The van der Waals surface area contributed by atoms with Crippen molar-refractivity contribution in [2.45, 2.75) is 43.7 Å². The number of amides is 1. The zero-order valence-electron chi connectivity index (χ0n) is 18.1. The number of aliphatic hydroxyl groups is 1. The molecule has 0 spiro atoms. The van der Waals surface area contributed by atoms with Crippen LogP contribution in [-0.2, 0) is 24.8 Å². The number of carbonyl (C=O) groups is 1. The minimum atomic E-state index is -0.585. The van der Waals surface area contributed by atoms with Crippen LogP contribution in [0.15, 0.2) is 41.6 Å². The number of halogens is 1. The largest absolute Gasteiger partial charge is 0.496 e. The van der Waals surface area contributed by atoms with Gasteiger partial charge in [-0.15, -0.1) is 11.6 Å². The molecule has 1 aliphatic carbocycles. The predicted molar refractivity (Wildman–Crippen MR) is 123 cm³/mol. The lowest BCUT2D eigenvalue weighted by atomic mass is 9.86. The lowest BCUT2D eigenvalue weighted by molar-refractivity contribution is -0.121. The van der Waals surface area contributed by atoms with Crippen molar-refractivity contribution in [1.29, 1.82) is 0 Å². The molecule has 170 valence electrons. The van der Waals surface area contributed by atoms with Gasteiger partial charge in [-0.1, -0.05) is 18.2 Å². The first kappa shape index (κ1) is 22.4. The van der Waals surface area contributed by atoms with Crippen molar-refractivity contribution in [3.63, 3.8) is 0 Å². The van der Waals surface area contributed by atoms with Gasteiger partial charge >= 0.3 is 0 Å². The van der Waals surface area contributed by atoms with Crippen molar-refractivity contribution in [1.82, 2.24) is 14.1 Å². The number of aryl methyl sites for hydroxylation is 3. The summed E-state index contributed by atoms with van der Waals surface area (Å²) in [5, 5.41) is 12.6. The lowest BCUT2D eigenvalue weighted by Crippen LogP contribution is -2.35. The highest BCUT2D eigenvalue weighted by atomic mass is 35.5. The van der Waals surface area contributed by atoms with Crippen LogP contribution in [0.2, 0.25) is 0 Å². The first-order valence-corrected chi connectivity index (χ1v) is 11.1. The van der Waals surface area contributed by atoms with E-state index in [0.717, 1.165) is 11.3 Å². The predicted octanol–water partition coefficient (Wildman–Crippen LogP) is 2.69. The van der Waals surface area contributed by atoms with Crippen LogP contribution in [0.5, 0.6) is 5.75 Å². The third kappa shape index (κ3) is 4.38. The number of aliphatic hydroxyl groups excluding tert-OH is 1. The summed E-state index contributed by atoms with van der Waals surface area (Å²) in [4.78, 5) is 30.6. The molecular weight excluding hydrogens is 432 g/mol. The number of hydrogen-bond donors (Lipinski definition) is 2. The molecule has 0 saturated heterocycles. The number of nitrogens with one attached hydrogen (secondary N) is 1. The summed E-state index contributed by atoms with van der Waals surface area (Å²) in [6, 6.07) is 7.69. The lowest BCUT2D eigenvalue weighted by Gasteiger charge is -2.28. The summed E-state index contributed by atoms with van der Waals surface area (Å²) in [6.45, 7) is 0.429. The fourth-order valence-electron chi connectivity index (χ4n) is 4.28. The number of alkyl halides is 1. The van der Waals surface area contributed by atoms with E-state index in [4.69, 9.17) is 16.3 Å². The number of para-hydroxylation sites is 1. The Morgan fingerprint density at radius 1 is 1.34 bits per heavy atom. The van der Waals surface area contributed by atoms with Crippen LogP contribution in [0.1, 0.15) is 24.8 Å². The van der Waals surface area contributed by atoms with E-state index in [1.807, 2.05) is 24.3 Å². The van der Waals surface area contributed by atoms with Gasteiger partial charge in [-0.05, 0) is 37.3 Å². The third-order valence-electron chi connectivity index (χ3n) is 6.13. The molecule has 1 aromatic carbocycles. The Hall–Kier alpha value is -2.84.